The van der Waals surface area contributed by atoms with Gasteiger partial charge >= 0.3 is 11.9 Å². The van der Waals surface area contributed by atoms with E-state index in [2.05, 4.69) is 9.47 Å². The maximum Gasteiger partial charge on any atom is 0.335 e. The van der Waals surface area contributed by atoms with Crippen molar-refractivity contribution in [1.29, 1.82) is 0 Å². The van der Waals surface area contributed by atoms with Crippen LogP contribution in [0.1, 0.15) is 20.8 Å². The lowest BCUT2D eigenvalue weighted by molar-refractivity contribution is -0.154. The van der Waals surface area contributed by atoms with Crippen molar-refractivity contribution in [1.82, 2.24) is 0 Å². The lowest BCUT2D eigenvalue weighted by Crippen LogP contribution is -2.28. The van der Waals surface area contributed by atoms with Gasteiger partial charge in [-0.2, -0.15) is 0 Å². The Morgan fingerprint density at radius 2 is 1.81 bits per heavy atom. The number of carbonyl (C=O) groups is 2. The maximum atomic E-state index is 11.1. The molecule has 0 aromatic carbocycles. The molecule has 0 aliphatic heterocycles. The van der Waals surface area contributed by atoms with E-state index in [0.717, 1.165) is 0 Å². The minimum Gasteiger partial charge on any atom is -0.464 e. The maximum absolute atomic E-state index is 11.1. The molecule has 5 heteroatoms. The van der Waals surface area contributed by atoms with Crippen molar-refractivity contribution in [2.45, 2.75) is 26.9 Å². The topological polar surface area (TPSA) is 72.8 Å². The fourth-order valence-electron chi connectivity index (χ4n) is 0.968. The standard InChI is InChI=1S/C11H18O5/c1-4-15-9(12)7-6-8(3)10(13)11(14)16-5-2/h6-8,10,13H,4-5H2,1-3H3/b7-6+/t8-,10-/m1/s1. The second-order valence-corrected chi connectivity index (χ2v) is 3.17. The second kappa shape index (κ2) is 7.87. The molecule has 1 N–H and O–H groups in total. The van der Waals surface area contributed by atoms with Crippen molar-refractivity contribution in [2.24, 2.45) is 5.92 Å². The Labute approximate surface area is 95.0 Å². The van der Waals surface area contributed by atoms with Gasteiger partial charge in [0.1, 0.15) is 0 Å². The monoisotopic (exact) mass is 230 g/mol. The third kappa shape index (κ3) is 5.50. The largest absolute Gasteiger partial charge is 0.464 e. The molecular weight excluding hydrogens is 212 g/mol. The van der Waals surface area contributed by atoms with Crippen LogP contribution in [0.25, 0.3) is 0 Å². The van der Waals surface area contributed by atoms with Gasteiger partial charge in [-0.15, -0.1) is 0 Å². The summed E-state index contributed by atoms with van der Waals surface area (Å²) in [5, 5.41) is 9.48. The van der Waals surface area contributed by atoms with E-state index in [1.54, 1.807) is 20.8 Å². The van der Waals surface area contributed by atoms with Gasteiger partial charge in [0.15, 0.2) is 6.10 Å². The minimum absolute atomic E-state index is 0.213. The van der Waals surface area contributed by atoms with Crippen molar-refractivity contribution >= 4 is 11.9 Å². The van der Waals surface area contributed by atoms with E-state index in [-0.39, 0.29) is 13.2 Å². The molecule has 0 aliphatic rings. The van der Waals surface area contributed by atoms with Gasteiger partial charge in [-0.1, -0.05) is 13.0 Å². The van der Waals surface area contributed by atoms with E-state index in [1.807, 2.05) is 0 Å². The number of aliphatic hydroxyl groups excluding tert-OH is 1. The van der Waals surface area contributed by atoms with Crippen LogP contribution in [0.2, 0.25) is 0 Å². The van der Waals surface area contributed by atoms with Crippen LogP contribution in [0.3, 0.4) is 0 Å². The van der Waals surface area contributed by atoms with Crippen LogP contribution in [-0.4, -0.2) is 36.4 Å². The summed E-state index contributed by atoms with van der Waals surface area (Å²) in [6, 6.07) is 0. The first-order chi connectivity index (χ1) is 7.52. The number of hydrogen-bond donors (Lipinski definition) is 1. The van der Waals surface area contributed by atoms with E-state index in [4.69, 9.17) is 0 Å². The van der Waals surface area contributed by atoms with Crippen LogP contribution in [0.5, 0.6) is 0 Å². The van der Waals surface area contributed by atoms with Crippen LogP contribution >= 0.6 is 0 Å². The average molecular weight is 230 g/mol. The first kappa shape index (κ1) is 14.6. The zero-order valence-corrected chi connectivity index (χ0v) is 9.80. The molecule has 0 saturated heterocycles. The summed E-state index contributed by atoms with van der Waals surface area (Å²) < 4.78 is 9.30. The third-order valence-corrected chi connectivity index (χ3v) is 1.85. The Morgan fingerprint density at radius 3 is 2.31 bits per heavy atom. The Balaban J connectivity index is 4.18. The highest BCUT2D eigenvalue weighted by Gasteiger charge is 2.21. The molecule has 0 unspecified atom stereocenters. The van der Waals surface area contributed by atoms with E-state index in [1.165, 1.54) is 12.2 Å². The molecule has 0 aliphatic carbocycles. The van der Waals surface area contributed by atoms with Gasteiger partial charge in [0.25, 0.3) is 0 Å². The van der Waals surface area contributed by atoms with Crippen molar-refractivity contribution < 1.29 is 24.2 Å². The quantitative estimate of drug-likeness (QED) is 0.536. The number of aliphatic hydroxyl groups is 1. The highest BCUT2D eigenvalue weighted by Crippen LogP contribution is 2.07. The molecule has 92 valence electrons. The lowest BCUT2D eigenvalue weighted by Gasteiger charge is -2.13. The fourth-order valence-corrected chi connectivity index (χ4v) is 0.968. The van der Waals surface area contributed by atoms with Crippen LogP contribution in [0.15, 0.2) is 12.2 Å². The van der Waals surface area contributed by atoms with Gasteiger partial charge in [-0.25, -0.2) is 9.59 Å². The van der Waals surface area contributed by atoms with Crippen LogP contribution in [0.4, 0.5) is 0 Å². The van der Waals surface area contributed by atoms with Gasteiger partial charge in [0.2, 0.25) is 0 Å². The Bertz CT molecular complexity index is 259. The SMILES string of the molecule is CCOC(=O)/C=C/[C@@H](C)[C@@H](O)C(=O)OCC. The van der Waals surface area contributed by atoms with Gasteiger partial charge < -0.3 is 14.6 Å². The number of esters is 2. The number of hydrogen-bond acceptors (Lipinski definition) is 5. The summed E-state index contributed by atoms with van der Waals surface area (Å²) in [6.07, 6.45) is 1.35. The van der Waals surface area contributed by atoms with Gasteiger partial charge in [0.05, 0.1) is 13.2 Å². The predicted octanol–water partition coefficient (Wildman–Crippen LogP) is 0.666. The zero-order chi connectivity index (χ0) is 12.6. The summed E-state index contributed by atoms with van der Waals surface area (Å²) in [5.41, 5.74) is 0. The molecule has 0 spiro atoms. The molecule has 0 radical (unpaired) electrons. The van der Waals surface area contributed by atoms with E-state index < -0.39 is 24.0 Å². The molecule has 0 amide bonds. The van der Waals surface area contributed by atoms with E-state index in [9.17, 15) is 14.7 Å². The molecular formula is C11H18O5. The molecule has 0 bridgehead atoms. The lowest BCUT2D eigenvalue weighted by atomic mass is 10.0. The number of rotatable bonds is 6. The molecule has 0 rings (SSSR count). The summed E-state index contributed by atoms with van der Waals surface area (Å²) >= 11 is 0. The average Bonchev–Trinajstić information content (AvgIpc) is 2.25. The Kier molecular flexibility index (Phi) is 7.20. The highest BCUT2D eigenvalue weighted by molar-refractivity contribution is 5.82. The number of ether oxygens (including phenoxy) is 2. The second-order valence-electron chi connectivity index (χ2n) is 3.17. The first-order valence-electron chi connectivity index (χ1n) is 5.22. The van der Waals surface area contributed by atoms with Gasteiger partial charge in [-0.05, 0) is 13.8 Å². The Morgan fingerprint density at radius 1 is 1.25 bits per heavy atom. The summed E-state index contributed by atoms with van der Waals surface area (Å²) in [5.74, 6) is -1.68. The van der Waals surface area contributed by atoms with Crippen molar-refractivity contribution in [2.75, 3.05) is 13.2 Å². The van der Waals surface area contributed by atoms with Gasteiger partial charge in [0, 0.05) is 12.0 Å². The van der Waals surface area contributed by atoms with Crippen LogP contribution in [-0.2, 0) is 19.1 Å². The molecule has 5 nitrogen and oxygen atoms in total. The van der Waals surface area contributed by atoms with Crippen molar-refractivity contribution in [3.63, 3.8) is 0 Å². The highest BCUT2D eigenvalue weighted by atomic mass is 16.5. The Hall–Kier alpha value is -1.36. The molecule has 0 aromatic heterocycles. The van der Waals surface area contributed by atoms with Crippen molar-refractivity contribution in [3.8, 4) is 0 Å². The summed E-state index contributed by atoms with van der Waals surface area (Å²) in [6.45, 7) is 5.46. The van der Waals surface area contributed by atoms with E-state index in [0.29, 0.717) is 0 Å². The molecule has 0 fully saturated rings. The van der Waals surface area contributed by atoms with E-state index >= 15 is 0 Å². The minimum atomic E-state index is -1.26. The molecule has 2 atom stereocenters. The summed E-state index contributed by atoms with van der Waals surface area (Å²) in [4.78, 5) is 22.1. The smallest absolute Gasteiger partial charge is 0.335 e. The third-order valence-electron chi connectivity index (χ3n) is 1.85. The predicted molar refractivity (Wildman–Crippen MR) is 57.6 cm³/mol. The first-order valence-corrected chi connectivity index (χ1v) is 5.22. The molecule has 0 aromatic rings. The van der Waals surface area contributed by atoms with Crippen LogP contribution < -0.4 is 0 Å². The zero-order valence-electron chi connectivity index (χ0n) is 9.80. The summed E-state index contributed by atoms with van der Waals surface area (Å²) in [7, 11) is 0. The number of carbonyl (C=O) groups excluding carboxylic acids is 2. The molecule has 0 heterocycles. The molecule has 16 heavy (non-hydrogen) atoms. The normalized spacial score (nSPS) is 14.5. The fraction of sp³-hybridized carbons (Fsp3) is 0.636. The van der Waals surface area contributed by atoms with Gasteiger partial charge in [-0.3, -0.25) is 0 Å². The molecule has 0 saturated carbocycles. The van der Waals surface area contributed by atoms with Crippen LogP contribution in [0, 0.1) is 5.92 Å². The van der Waals surface area contributed by atoms with Crippen molar-refractivity contribution in [3.05, 3.63) is 12.2 Å².